The highest BCUT2D eigenvalue weighted by Gasteiger charge is 2.41. The molecule has 1 aromatic rings. The topological polar surface area (TPSA) is 27.7 Å². The third-order valence-electron chi connectivity index (χ3n) is 3.33. The van der Waals surface area contributed by atoms with Crippen LogP contribution < -0.4 is 4.74 Å². The molecule has 100 valence electrons. The van der Waals surface area contributed by atoms with Gasteiger partial charge in [0.25, 0.3) is 0 Å². The van der Waals surface area contributed by atoms with Gasteiger partial charge in [0.1, 0.15) is 5.75 Å². The van der Waals surface area contributed by atoms with Gasteiger partial charge in [0.2, 0.25) is 0 Å². The zero-order chi connectivity index (χ0) is 13.2. The second-order valence-corrected chi connectivity index (χ2v) is 4.80. The number of benzene rings is 1. The summed E-state index contributed by atoms with van der Waals surface area (Å²) in [6.45, 7) is 4.61. The van der Waals surface area contributed by atoms with Gasteiger partial charge in [-0.15, -0.1) is 11.6 Å². The fourth-order valence-electron chi connectivity index (χ4n) is 2.30. The van der Waals surface area contributed by atoms with E-state index >= 15 is 0 Å². The molecule has 0 radical (unpaired) electrons. The molecule has 3 nitrogen and oxygen atoms in total. The summed E-state index contributed by atoms with van der Waals surface area (Å²) in [7, 11) is 1.67. The summed E-state index contributed by atoms with van der Waals surface area (Å²) < 4.78 is 17.1. The Kier molecular flexibility index (Phi) is 4.15. The Hall–Kier alpha value is -0.770. The van der Waals surface area contributed by atoms with Crippen molar-refractivity contribution in [3.05, 3.63) is 29.3 Å². The third kappa shape index (κ3) is 2.35. The molecule has 1 aliphatic rings. The number of halogens is 1. The van der Waals surface area contributed by atoms with E-state index in [4.69, 9.17) is 25.8 Å². The molecule has 0 amide bonds. The Morgan fingerprint density at radius 2 is 2.28 bits per heavy atom. The van der Waals surface area contributed by atoms with Crippen LogP contribution in [0.25, 0.3) is 0 Å². The van der Waals surface area contributed by atoms with Gasteiger partial charge >= 0.3 is 0 Å². The average molecular weight is 271 g/mol. The number of hydrogen-bond donors (Lipinski definition) is 0. The maximum Gasteiger partial charge on any atom is 0.195 e. The molecule has 0 spiro atoms. The van der Waals surface area contributed by atoms with E-state index in [1.165, 1.54) is 0 Å². The lowest BCUT2D eigenvalue weighted by atomic mass is 10.0. The van der Waals surface area contributed by atoms with Gasteiger partial charge in [-0.3, -0.25) is 0 Å². The van der Waals surface area contributed by atoms with Crippen LogP contribution in [0.15, 0.2) is 18.2 Å². The van der Waals surface area contributed by atoms with Crippen molar-refractivity contribution in [2.45, 2.75) is 32.2 Å². The molecule has 0 aliphatic carbocycles. The van der Waals surface area contributed by atoms with Gasteiger partial charge in [-0.1, -0.05) is 6.92 Å². The SMILES string of the molecule is CCC1(c2ccc(OC)c(C)c2)OCC(CCl)O1. The Balaban J connectivity index is 2.31. The molecule has 2 unspecified atom stereocenters. The summed E-state index contributed by atoms with van der Waals surface area (Å²) >= 11 is 5.83. The Morgan fingerprint density at radius 1 is 1.50 bits per heavy atom. The molecule has 2 rings (SSSR count). The van der Waals surface area contributed by atoms with Crippen molar-refractivity contribution in [3.8, 4) is 5.75 Å². The molecule has 1 aromatic carbocycles. The highest BCUT2D eigenvalue weighted by atomic mass is 35.5. The molecule has 4 heteroatoms. The van der Waals surface area contributed by atoms with Gasteiger partial charge in [0.05, 0.1) is 25.7 Å². The molecule has 1 saturated heterocycles. The zero-order valence-corrected chi connectivity index (χ0v) is 11.8. The van der Waals surface area contributed by atoms with Crippen LogP contribution in [-0.4, -0.2) is 25.7 Å². The lowest BCUT2D eigenvalue weighted by Crippen LogP contribution is -2.27. The van der Waals surface area contributed by atoms with Crippen molar-refractivity contribution in [2.75, 3.05) is 19.6 Å². The van der Waals surface area contributed by atoms with Gasteiger partial charge in [-0.25, -0.2) is 0 Å². The van der Waals surface area contributed by atoms with E-state index < -0.39 is 5.79 Å². The van der Waals surface area contributed by atoms with Crippen molar-refractivity contribution in [1.82, 2.24) is 0 Å². The van der Waals surface area contributed by atoms with Crippen LogP contribution in [0.1, 0.15) is 24.5 Å². The van der Waals surface area contributed by atoms with Crippen molar-refractivity contribution >= 4 is 11.6 Å². The highest BCUT2D eigenvalue weighted by molar-refractivity contribution is 6.18. The van der Waals surface area contributed by atoms with Gasteiger partial charge in [0, 0.05) is 12.0 Å². The monoisotopic (exact) mass is 270 g/mol. The number of alkyl halides is 1. The summed E-state index contributed by atoms with van der Waals surface area (Å²) in [6, 6.07) is 5.99. The largest absolute Gasteiger partial charge is 0.496 e. The lowest BCUT2D eigenvalue weighted by molar-refractivity contribution is -0.176. The molecular weight excluding hydrogens is 252 g/mol. The van der Waals surface area contributed by atoms with E-state index in [2.05, 4.69) is 13.0 Å². The van der Waals surface area contributed by atoms with Crippen LogP contribution in [0, 0.1) is 6.92 Å². The third-order valence-corrected chi connectivity index (χ3v) is 3.68. The van der Waals surface area contributed by atoms with Crippen molar-refractivity contribution < 1.29 is 14.2 Å². The Bertz CT molecular complexity index is 422. The Morgan fingerprint density at radius 3 is 2.78 bits per heavy atom. The number of hydrogen-bond acceptors (Lipinski definition) is 3. The zero-order valence-electron chi connectivity index (χ0n) is 11.0. The number of ether oxygens (including phenoxy) is 3. The fraction of sp³-hybridized carbons (Fsp3) is 0.571. The predicted molar refractivity (Wildman–Crippen MR) is 71.2 cm³/mol. The van der Waals surface area contributed by atoms with Crippen LogP contribution in [-0.2, 0) is 15.3 Å². The molecule has 1 fully saturated rings. The maximum atomic E-state index is 5.97. The number of methoxy groups -OCH3 is 1. The van der Waals surface area contributed by atoms with Gasteiger partial charge in [-0.05, 0) is 30.7 Å². The first-order valence-electron chi connectivity index (χ1n) is 6.18. The molecular formula is C14H19ClO3. The van der Waals surface area contributed by atoms with E-state index in [1.807, 2.05) is 19.1 Å². The van der Waals surface area contributed by atoms with Crippen molar-refractivity contribution in [2.24, 2.45) is 0 Å². The first-order chi connectivity index (χ1) is 8.65. The molecule has 2 atom stereocenters. The summed E-state index contributed by atoms with van der Waals surface area (Å²) in [5, 5.41) is 0. The van der Waals surface area contributed by atoms with Gasteiger partial charge in [0.15, 0.2) is 5.79 Å². The molecule has 0 saturated carbocycles. The second-order valence-electron chi connectivity index (χ2n) is 4.50. The molecule has 0 bridgehead atoms. The van der Waals surface area contributed by atoms with Crippen molar-refractivity contribution in [1.29, 1.82) is 0 Å². The second kappa shape index (κ2) is 5.47. The lowest BCUT2D eigenvalue weighted by Gasteiger charge is -2.27. The van der Waals surface area contributed by atoms with Gasteiger partial charge < -0.3 is 14.2 Å². The first-order valence-corrected chi connectivity index (χ1v) is 6.71. The molecule has 18 heavy (non-hydrogen) atoms. The van der Waals surface area contributed by atoms with Crippen LogP contribution in [0.2, 0.25) is 0 Å². The van der Waals surface area contributed by atoms with Crippen LogP contribution in [0.4, 0.5) is 0 Å². The smallest absolute Gasteiger partial charge is 0.195 e. The summed E-state index contributed by atoms with van der Waals surface area (Å²) in [6.07, 6.45) is 0.723. The van der Waals surface area contributed by atoms with Crippen LogP contribution in [0.5, 0.6) is 5.75 Å². The Labute approximate surface area is 113 Å². The summed E-state index contributed by atoms with van der Waals surface area (Å²) in [5.74, 6) is 0.671. The highest BCUT2D eigenvalue weighted by Crippen LogP contribution is 2.38. The molecule has 1 aliphatic heterocycles. The summed E-state index contributed by atoms with van der Waals surface area (Å²) in [5.41, 5.74) is 2.10. The average Bonchev–Trinajstić information content (AvgIpc) is 2.83. The minimum Gasteiger partial charge on any atom is -0.496 e. The minimum absolute atomic E-state index is 0.0333. The number of rotatable bonds is 4. The number of aryl methyl sites for hydroxylation is 1. The van der Waals surface area contributed by atoms with E-state index in [9.17, 15) is 0 Å². The van der Waals surface area contributed by atoms with Crippen molar-refractivity contribution in [3.63, 3.8) is 0 Å². The normalized spacial score (nSPS) is 27.4. The predicted octanol–water partition coefficient (Wildman–Crippen LogP) is 3.22. The molecule has 1 heterocycles. The van der Waals surface area contributed by atoms with E-state index in [-0.39, 0.29) is 6.10 Å². The molecule has 0 N–H and O–H groups in total. The minimum atomic E-state index is -0.656. The first kappa shape index (κ1) is 13.7. The summed E-state index contributed by atoms with van der Waals surface area (Å²) in [4.78, 5) is 0. The maximum absolute atomic E-state index is 5.97. The van der Waals surface area contributed by atoms with Gasteiger partial charge in [-0.2, -0.15) is 0 Å². The molecule has 0 aromatic heterocycles. The quantitative estimate of drug-likeness (QED) is 0.787. The van der Waals surface area contributed by atoms with Crippen LogP contribution >= 0.6 is 11.6 Å². The van der Waals surface area contributed by atoms with Crippen LogP contribution in [0.3, 0.4) is 0 Å². The van der Waals surface area contributed by atoms with E-state index in [0.29, 0.717) is 12.5 Å². The standard InChI is InChI=1S/C14H19ClO3/c1-4-14(17-9-12(8-15)18-14)11-5-6-13(16-3)10(2)7-11/h5-7,12H,4,8-9H2,1-3H3. The van der Waals surface area contributed by atoms with E-state index in [1.54, 1.807) is 7.11 Å². The fourth-order valence-corrected chi connectivity index (χ4v) is 2.45. The van der Waals surface area contributed by atoms with E-state index in [0.717, 1.165) is 23.3 Å².